The van der Waals surface area contributed by atoms with Crippen molar-refractivity contribution in [3.63, 3.8) is 0 Å². The summed E-state index contributed by atoms with van der Waals surface area (Å²) < 4.78 is 4.93. The minimum atomic E-state index is -0.728. The van der Waals surface area contributed by atoms with Crippen LogP contribution in [0.15, 0.2) is 36.9 Å². The second-order valence-electron chi connectivity index (χ2n) is 3.96. The van der Waals surface area contributed by atoms with E-state index in [1.807, 2.05) is 12.1 Å². The van der Waals surface area contributed by atoms with Crippen molar-refractivity contribution in [1.82, 2.24) is 5.32 Å². The highest BCUT2D eigenvalue weighted by Crippen LogP contribution is 2.09. The lowest BCUT2D eigenvalue weighted by atomic mass is 10.1. The van der Waals surface area contributed by atoms with Gasteiger partial charge in [0.25, 0.3) is 0 Å². The van der Waals surface area contributed by atoms with Gasteiger partial charge < -0.3 is 15.8 Å². The first-order valence-electron chi connectivity index (χ1n) is 6.00. The molecule has 0 saturated heterocycles. The minimum absolute atomic E-state index is 0.265. The van der Waals surface area contributed by atoms with Crippen molar-refractivity contribution in [3.05, 3.63) is 42.5 Å². The molecule has 102 valence electrons. The Bertz CT molecular complexity index is 454. The first-order valence-corrected chi connectivity index (χ1v) is 6.00. The van der Waals surface area contributed by atoms with Crippen molar-refractivity contribution in [2.75, 3.05) is 12.3 Å². The average molecular weight is 262 g/mol. The molecule has 0 aromatic heterocycles. The van der Waals surface area contributed by atoms with Crippen LogP contribution < -0.4 is 11.1 Å². The number of ether oxygens (including phenoxy) is 1. The van der Waals surface area contributed by atoms with Crippen LogP contribution in [0.2, 0.25) is 0 Å². The molecule has 3 N–H and O–H groups in total. The molecule has 1 aromatic rings. The monoisotopic (exact) mass is 262 g/mol. The van der Waals surface area contributed by atoms with Crippen LogP contribution in [0.3, 0.4) is 0 Å². The summed E-state index contributed by atoms with van der Waals surface area (Å²) >= 11 is 0. The summed E-state index contributed by atoms with van der Waals surface area (Å²) in [7, 11) is 0. The van der Waals surface area contributed by atoms with Crippen LogP contribution in [0, 0.1) is 0 Å². The molecule has 5 heteroatoms. The number of hydrogen-bond donors (Lipinski definition) is 2. The van der Waals surface area contributed by atoms with Gasteiger partial charge in [0.1, 0.15) is 6.04 Å². The summed E-state index contributed by atoms with van der Waals surface area (Å²) in [4.78, 5) is 23.1. The Balaban J connectivity index is 2.78. The Hall–Kier alpha value is -2.30. The van der Waals surface area contributed by atoms with Gasteiger partial charge in [-0.05, 0) is 30.7 Å². The van der Waals surface area contributed by atoms with E-state index >= 15 is 0 Å². The molecule has 19 heavy (non-hydrogen) atoms. The Morgan fingerprint density at radius 3 is 2.58 bits per heavy atom. The van der Waals surface area contributed by atoms with Crippen LogP contribution in [0.25, 0.3) is 0 Å². The molecule has 0 aliphatic carbocycles. The van der Waals surface area contributed by atoms with Crippen LogP contribution in [0.4, 0.5) is 5.69 Å². The predicted molar refractivity (Wildman–Crippen MR) is 73.3 cm³/mol. The van der Waals surface area contributed by atoms with Crippen molar-refractivity contribution in [2.45, 2.75) is 19.4 Å². The summed E-state index contributed by atoms with van der Waals surface area (Å²) in [5.41, 5.74) is 7.12. The van der Waals surface area contributed by atoms with E-state index in [0.717, 1.165) is 11.6 Å². The molecule has 0 unspecified atom stereocenters. The Morgan fingerprint density at radius 2 is 2.05 bits per heavy atom. The van der Waals surface area contributed by atoms with E-state index in [9.17, 15) is 9.59 Å². The number of carbonyl (C=O) groups excluding carboxylic acids is 2. The van der Waals surface area contributed by atoms with Gasteiger partial charge in [0.2, 0.25) is 5.91 Å². The molecule has 0 radical (unpaired) electrons. The van der Waals surface area contributed by atoms with E-state index in [1.54, 1.807) is 19.1 Å². The Labute approximate surface area is 112 Å². The average Bonchev–Trinajstić information content (AvgIpc) is 2.40. The third kappa shape index (κ3) is 4.83. The number of hydrogen-bond acceptors (Lipinski definition) is 4. The smallest absolute Gasteiger partial charge is 0.328 e. The molecule has 0 aliphatic heterocycles. The van der Waals surface area contributed by atoms with Gasteiger partial charge in [-0.15, -0.1) is 0 Å². The van der Waals surface area contributed by atoms with Crippen LogP contribution in [-0.2, 0) is 20.7 Å². The van der Waals surface area contributed by atoms with Crippen molar-refractivity contribution in [3.8, 4) is 0 Å². The van der Waals surface area contributed by atoms with E-state index < -0.39 is 17.9 Å². The maximum atomic E-state index is 11.8. The number of benzene rings is 1. The fourth-order valence-electron chi connectivity index (χ4n) is 1.56. The van der Waals surface area contributed by atoms with E-state index in [0.29, 0.717) is 12.1 Å². The molecule has 0 heterocycles. The third-order valence-corrected chi connectivity index (χ3v) is 2.49. The zero-order valence-electron chi connectivity index (χ0n) is 10.9. The maximum absolute atomic E-state index is 11.8. The number of nitrogens with one attached hydrogen (secondary N) is 1. The lowest BCUT2D eigenvalue weighted by molar-refractivity contribution is -0.146. The van der Waals surface area contributed by atoms with Gasteiger partial charge >= 0.3 is 5.97 Å². The maximum Gasteiger partial charge on any atom is 0.328 e. The molecule has 1 atom stereocenters. The zero-order valence-corrected chi connectivity index (χ0v) is 10.9. The third-order valence-electron chi connectivity index (χ3n) is 2.49. The largest absolute Gasteiger partial charge is 0.464 e. The van der Waals surface area contributed by atoms with Gasteiger partial charge in [-0.2, -0.15) is 0 Å². The molecule has 0 fully saturated rings. The fourth-order valence-corrected chi connectivity index (χ4v) is 1.56. The van der Waals surface area contributed by atoms with Gasteiger partial charge in [0, 0.05) is 12.1 Å². The van der Waals surface area contributed by atoms with Crippen LogP contribution in [0.5, 0.6) is 0 Å². The first kappa shape index (κ1) is 14.8. The highest BCUT2D eigenvalue weighted by molar-refractivity contribution is 5.91. The molecular weight excluding hydrogens is 244 g/mol. The number of anilines is 1. The highest BCUT2D eigenvalue weighted by atomic mass is 16.5. The normalized spacial score (nSPS) is 11.4. The molecule has 0 spiro atoms. The fraction of sp³-hybridized carbons (Fsp3) is 0.286. The Morgan fingerprint density at radius 1 is 1.42 bits per heavy atom. The zero-order chi connectivity index (χ0) is 14.3. The van der Waals surface area contributed by atoms with Gasteiger partial charge in [-0.3, -0.25) is 4.79 Å². The van der Waals surface area contributed by atoms with E-state index in [1.165, 1.54) is 0 Å². The standard InChI is InChI=1S/C14H18N2O3/c1-3-13(17)16-12(14(18)19-4-2)9-10-5-7-11(15)8-6-10/h3,5-8,12H,1,4,9,15H2,2H3,(H,16,17)/t12-/m1/s1. The second-order valence-corrected chi connectivity index (χ2v) is 3.96. The van der Waals surface area contributed by atoms with E-state index in [-0.39, 0.29) is 6.61 Å². The molecule has 1 amide bonds. The number of rotatable bonds is 6. The molecule has 0 bridgehead atoms. The van der Waals surface area contributed by atoms with Crippen LogP contribution in [-0.4, -0.2) is 24.5 Å². The van der Waals surface area contributed by atoms with Gasteiger partial charge in [0.05, 0.1) is 6.61 Å². The number of amides is 1. The SMILES string of the molecule is C=CC(=O)N[C@H](Cc1ccc(N)cc1)C(=O)OCC. The van der Waals surface area contributed by atoms with E-state index in [4.69, 9.17) is 10.5 Å². The topological polar surface area (TPSA) is 81.4 Å². The lowest BCUT2D eigenvalue weighted by Gasteiger charge is -2.16. The number of carbonyl (C=O) groups is 2. The van der Waals surface area contributed by atoms with Crippen LogP contribution in [0.1, 0.15) is 12.5 Å². The Kier molecular flexibility index (Phi) is 5.60. The minimum Gasteiger partial charge on any atom is -0.464 e. The summed E-state index contributed by atoms with van der Waals surface area (Å²) in [6.45, 7) is 5.34. The summed E-state index contributed by atoms with van der Waals surface area (Å²) in [6, 6.07) is 6.37. The van der Waals surface area contributed by atoms with E-state index in [2.05, 4.69) is 11.9 Å². The van der Waals surface area contributed by atoms with Crippen molar-refractivity contribution in [2.24, 2.45) is 0 Å². The second kappa shape index (κ2) is 7.20. The first-order chi connectivity index (χ1) is 9.06. The molecule has 1 aromatic carbocycles. The summed E-state index contributed by atoms with van der Waals surface area (Å²) in [5.74, 6) is -0.872. The number of nitrogens with two attached hydrogens (primary N) is 1. The van der Waals surface area contributed by atoms with Crippen molar-refractivity contribution < 1.29 is 14.3 Å². The summed E-state index contributed by atoms with van der Waals surface area (Å²) in [5, 5.41) is 2.55. The van der Waals surface area contributed by atoms with Crippen molar-refractivity contribution >= 4 is 17.6 Å². The highest BCUT2D eigenvalue weighted by Gasteiger charge is 2.21. The van der Waals surface area contributed by atoms with Gasteiger partial charge in [-0.25, -0.2) is 4.79 Å². The lowest BCUT2D eigenvalue weighted by Crippen LogP contribution is -2.42. The predicted octanol–water partition coefficient (Wildman–Crippen LogP) is 1.05. The van der Waals surface area contributed by atoms with Crippen molar-refractivity contribution in [1.29, 1.82) is 0 Å². The molecule has 0 aliphatic rings. The van der Waals surface area contributed by atoms with Crippen LogP contribution >= 0.6 is 0 Å². The molecule has 5 nitrogen and oxygen atoms in total. The summed E-state index contributed by atoms with van der Waals surface area (Å²) in [6.07, 6.45) is 1.47. The number of nitrogen functional groups attached to an aromatic ring is 1. The molecule has 0 saturated carbocycles. The molecular formula is C14H18N2O3. The molecule has 1 rings (SSSR count). The number of esters is 1. The quantitative estimate of drug-likeness (QED) is 0.456. The van der Waals surface area contributed by atoms with Gasteiger partial charge in [-0.1, -0.05) is 18.7 Å². The van der Waals surface area contributed by atoms with Gasteiger partial charge in [0.15, 0.2) is 0 Å².